The number of hydrogen-bond acceptors (Lipinski definition) is 5. The summed E-state index contributed by atoms with van der Waals surface area (Å²) in [5.41, 5.74) is 0.649. The maximum atomic E-state index is 12.8. The van der Waals surface area contributed by atoms with Crippen molar-refractivity contribution in [2.45, 2.75) is 19.6 Å². The van der Waals surface area contributed by atoms with Gasteiger partial charge in [-0.05, 0) is 38.7 Å². The average molecular weight is 340 g/mol. The molecule has 2 rings (SSSR count). The van der Waals surface area contributed by atoms with Crippen molar-refractivity contribution in [3.63, 3.8) is 0 Å². The summed E-state index contributed by atoms with van der Waals surface area (Å²) in [6.45, 7) is 2.04. The molecular weight excluding hydrogens is 321 g/mol. The molecule has 8 heteroatoms. The molecule has 1 heterocycles. The fourth-order valence-corrected chi connectivity index (χ4v) is 2.23. The molecule has 0 aliphatic carbocycles. The summed E-state index contributed by atoms with van der Waals surface area (Å²) in [5, 5.41) is 2.90. The molecular formula is C16H19F3N4O. The molecule has 0 amide bonds. The van der Waals surface area contributed by atoms with Gasteiger partial charge in [0, 0.05) is 12.7 Å². The summed E-state index contributed by atoms with van der Waals surface area (Å²) in [7, 11) is 5.44. The molecule has 0 aliphatic heterocycles. The van der Waals surface area contributed by atoms with Crippen LogP contribution < -0.4 is 10.1 Å². The third-order valence-electron chi connectivity index (χ3n) is 3.30. The second-order valence-electron chi connectivity index (χ2n) is 5.59. The molecule has 0 aliphatic rings. The summed E-state index contributed by atoms with van der Waals surface area (Å²) in [6, 6.07) is 5.55. The highest BCUT2D eigenvalue weighted by Gasteiger charge is 2.33. The molecule has 0 atom stereocenters. The second kappa shape index (κ2) is 7.04. The highest BCUT2D eigenvalue weighted by Crippen LogP contribution is 2.32. The van der Waals surface area contributed by atoms with E-state index >= 15 is 0 Å². The molecule has 24 heavy (non-hydrogen) atoms. The van der Waals surface area contributed by atoms with E-state index in [-0.39, 0.29) is 11.6 Å². The Bertz CT molecular complexity index is 717. The summed E-state index contributed by atoms with van der Waals surface area (Å²) in [6.07, 6.45) is -3.69. The highest BCUT2D eigenvalue weighted by molar-refractivity contribution is 5.63. The normalized spacial score (nSPS) is 11.7. The third-order valence-corrected chi connectivity index (χ3v) is 3.30. The maximum absolute atomic E-state index is 12.8. The molecule has 0 saturated carbocycles. The van der Waals surface area contributed by atoms with Crippen molar-refractivity contribution >= 4 is 11.6 Å². The van der Waals surface area contributed by atoms with Gasteiger partial charge >= 0.3 is 6.18 Å². The number of nitrogens with one attached hydrogen (secondary N) is 1. The third kappa shape index (κ3) is 4.35. The van der Waals surface area contributed by atoms with Crippen molar-refractivity contribution in [1.82, 2.24) is 14.9 Å². The van der Waals surface area contributed by atoms with Crippen LogP contribution in [0, 0.1) is 6.92 Å². The van der Waals surface area contributed by atoms with E-state index in [1.54, 1.807) is 6.07 Å². The lowest BCUT2D eigenvalue weighted by molar-refractivity contribution is -0.138. The number of benzene rings is 1. The summed E-state index contributed by atoms with van der Waals surface area (Å²) < 4.78 is 43.6. The molecule has 2 aromatic rings. The smallest absolute Gasteiger partial charge is 0.419 e. The fourth-order valence-electron chi connectivity index (χ4n) is 2.23. The van der Waals surface area contributed by atoms with Gasteiger partial charge in [-0.25, -0.2) is 9.97 Å². The van der Waals surface area contributed by atoms with Crippen LogP contribution in [-0.4, -0.2) is 36.1 Å². The van der Waals surface area contributed by atoms with E-state index < -0.39 is 11.7 Å². The number of methoxy groups -OCH3 is 1. The maximum Gasteiger partial charge on any atom is 0.419 e. The Morgan fingerprint density at radius 3 is 2.50 bits per heavy atom. The second-order valence-corrected chi connectivity index (χ2v) is 5.59. The Hall–Kier alpha value is -2.35. The van der Waals surface area contributed by atoms with E-state index in [0.29, 0.717) is 11.4 Å². The molecule has 1 aromatic carbocycles. The number of aromatic nitrogens is 2. The van der Waals surface area contributed by atoms with Crippen LogP contribution in [0.2, 0.25) is 0 Å². The van der Waals surface area contributed by atoms with Crippen molar-refractivity contribution in [3.8, 4) is 5.75 Å². The van der Waals surface area contributed by atoms with E-state index in [0.717, 1.165) is 18.3 Å². The van der Waals surface area contributed by atoms with E-state index in [9.17, 15) is 13.2 Å². The van der Waals surface area contributed by atoms with Gasteiger partial charge < -0.3 is 15.0 Å². The fraction of sp³-hybridized carbons (Fsp3) is 0.375. The number of nitrogens with zero attached hydrogens (tertiary/aromatic N) is 3. The van der Waals surface area contributed by atoms with Gasteiger partial charge in [0.25, 0.3) is 0 Å². The minimum atomic E-state index is -4.46. The number of alkyl halides is 3. The predicted molar refractivity (Wildman–Crippen MR) is 85.4 cm³/mol. The molecule has 130 valence electrons. The van der Waals surface area contributed by atoms with Crippen LogP contribution in [0.15, 0.2) is 24.4 Å². The molecule has 0 bridgehead atoms. The Kier molecular flexibility index (Phi) is 5.28. The lowest BCUT2D eigenvalue weighted by atomic mass is 10.2. The van der Waals surface area contributed by atoms with Gasteiger partial charge in [0.2, 0.25) is 5.95 Å². The summed E-state index contributed by atoms with van der Waals surface area (Å²) in [5.74, 6) is 0.648. The average Bonchev–Trinajstić information content (AvgIpc) is 2.47. The Morgan fingerprint density at radius 1 is 1.25 bits per heavy atom. The van der Waals surface area contributed by atoms with Crippen LogP contribution >= 0.6 is 0 Å². The molecule has 0 spiro atoms. The topological polar surface area (TPSA) is 50.3 Å². The largest absolute Gasteiger partial charge is 0.495 e. The lowest BCUT2D eigenvalue weighted by Gasteiger charge is -2.15. The van der Waals surface area contributed by atoms with Crippen molar-refractivity contribution in [3.05, 3.63) is 41.2 Å². The van der Waals surface area contributed by atoms with Crippen molar-refractivity contribution < 1.29 is 17.9 Å². The Morgan fingerprint density at radius 2 is 1.96 bits per heavy atom. The molecule has 5 nitrogen and oxygen atoms in total. The van der Waals surface area contributed by atoms with Crippen LogP contribution in [0.3, 0.4) is 0 Å². The molecule has 1 N–H and O–H groups in total. The molecule has 0 unspecified atom stereocenters. The van der Waals surface area contributed by atoms with E-state index in [1.807, 2.05) is 31.1 Å². The first-order valence-corrected chi connectivity index (χ1v) is 7.20. The zero-order valence-electron chi connectivity index (χ0n) is 13.9. The van der Waals surface area contributed by atoms with Crippen LogP contribution in [0.5, 0.6) is 5.75 Å². The van der Waals surface area contributed by atoms with Crippen LogP contribution in [0.25, 0.3) is 0 Å². The van der Waals surface area contributed by atoms with E-state index in [1.165, 1.54) is 14.0 Å². The number of ether oxygens (including phenoxy) is 1. The van der Waals surface area contributed by atoms with Gasteiger partial charge in [0.15, 0.2) is 0 Å². The number of aryl methyl sites for hydroxylation is 1. The van der Waals surface area contributed by atoms with Gasteiger partial charge in [-0.15, -0.1) is 0 Å². The molecule has 0 saturated heterocycles. The van der Waals surface area contributed by atoms with E-state index in [2.05, 4.69) is 15.3 Å². The first kappa shape index (κ1) is 18.0. The van der Waals surface area contributed by atoms with Crippen molar-refractivity contribution in [1.29, 1.82) is 0 Å². The Balaban J connectivity index is 2.26. The van der Waals surface area contributed by atoms with Gasteiger partial charge in [-0.3, -0.25) is 0 Å². The molecule has 0 fully saturated rings. The molecule has 0 radical (unpaired) electrons. The summed E-state index contributed by atoms with van der Waals surface area (Å²) >= 11 is 0. The van der Waals surface area contributed by atoms with Crippen LogP contribution in [0.1, 0.15) is 16.8 Å². The van der Waals surface area contributed by atoms with Gasteiger partial charge in [-0.2, -0.15) is 13.2 Å². The quantitative estimate of drug-likeness (QED) is 0.901. The van der Waals surface area contributed by atoms with E-state index in [4.69, 9.17) is 4.74 Å². The zero-order chi connectivity index (χ0) is 17.9. The minimum Gasteiger partial charge on any atom is -0.495 e. The van der Waals surface area contributed by atoms with Gasteiger partial charge in [0.05, 0.1) is 24.1 Å². The number of hydrogen-bond donors (Lipinski definition) is 1. The van der Waals surface area contributed by atoms with Gasteiger partial charge in [-0.1, -0.05) is 6.07 Å². The van der Waals surface area contributed by atoms with Crippen molar-refractivity contribution in [2.75, 3.05) is 26.5 Å². The predicted octanol–water partition coefficient (Wildman–Crippen LogP) is 3.62. The van der Waals surface area contributed by atoms with Crippen molar-refractivity contribution in [2.24, 2.45) is 0 Å². The monoisotopic (exact) mass is 340 g/mol. The Labute approximate surface area is 138 Å². The van der Waals surface area contributed by atoms with Crippen LogP contribution in [0.4, 0.5) is 24.8 Å². The minimum absolute atomic E-state index is 0.0826. The van der Waals surface area contributed by atoms with Crippen LogP contribution in [-0.2, 0) is 12.7 Å². The number of halogens is 3. The number of rotatable bonds is 5. The molecule has 1 aromatic heterocycles. The number of anilines is 2. The zero-order valence-corrected chi connectivity index (χ0v) is 13.9. The lowest BCUT2D eigenvalue weighted by Crippen LogP contribution is -2.12. The first-order chi connectivity index (χ1) is 11.2. The summed E-state index contributed by atoms with van der Waals surface area (Å²) in [4.78, 5) is 9.63. The van der Waals surface area contributed by atoms with Gasteiger partial charge in [0.1, 0.15) is 5.75 Å². The first-order valence-electron chi connectivity index (χ1n) is 7.20. The SMILES string of the molecule is COc1cc(CN(C)C)ccc1Nc1ncc(C(F)(F)F)c(C)n1. The standard InChI is InChI=1S/C16H19F3N4O/c1-10-12(16(17,18)19)8-20-15(21-10)22-13-6-5-11(9-23(2)3)7-14(13)24-4/h5-8H,9H2,1-4H3,(H,20,21,22). The highest BCUT2D eigenvalue weighted by atomic mass is 19.4.